The number of pyridine rings is 1. The molecule has 1 saturated heterocycles. The molecule has 2 aromatic carbocycles. The second-order valence-corrected chi connectivity index (χ2v) is 11.4. The molecule has 0 spiro atoms. The molecule has 232 valence electrons. The van der Waals surface area contributed by atoms with Gasteiger partial charge < -0.3 is 34.9 Å². The molecule has 0 saturated carbocycles. The highest BCUT2D eigenvalue weighted by atomic mass is 19.4. The maximum atomic E-state index is 13.3. The van der Waals surface area contributed by atoms with Crippen molar-refractivity contribution in [2.45, 2.75) is 44.6 Å². The zero-order valence-electron chi connectivity index (χ0n) is 24.3. The second kappa shape index (κ2) is 11.6. The summed E-state index contributed by atoms with van der Waals surface area (Å²) in [5.74, 6) is 0.313. The highest BCUT2D eigenvalue weighted by molar-refractivity contribution is 6.02. The number of halogens is 3. The van der Waals surface area contributed by atoms with Crippen molar-refractivity contribution in [2.24, 2.45) is 0 Å². The van der Waals surface area contributed by atoms with Crippen LogP contribution in [0.5, 0.6) is 5.75 Å². The summed E-state index contributed by atoms with van der Waals surface area (Å²) in [6.07, 6.45) is -2.28. The first-order valence-corrected chi connectivity index (χ1v) is 14.5. The fraction of sp³-hybridized carbons (Fsp3) is 0.387. The van der Waals surface area contributed by atoms with E-state index in [1.165, 1.54) is 25.3 Å². The van der Waals surface area contributed by atoms with Crippen molar-refractivity contribution in [3.05, 3.63) is 75.2 Å². The Morgan fingerprint density at radius 2 is 1.95 bits per heavy atom. The van der Waals surface area contributed by atoms with Gasteiger partial charge in [-0.1, -0.05) is 6.07 Å². The lowest BCUT2D eigenvalue weighted by Gasteiger charge is -2.34. The van der Waals surface area contributed by atoms with Gasteiger partial charge in [-0.3, -0.25) is 9.59 Å². The molecule has 4 aromatic rings. The highest BCUT2D eigenvalue weighted by Crippen LogP contribution is 2.36. The Labute approximate surface area is 250 Å². The summed E-state index contributed by atoms with van der Waals surface area (Å²) >= 11 is 0. The first kappa shape index (κ1) is 29.7. The number of anilines is 1. The van der Waals surface area contributed by atoms with Gasteiger partial charge in [0.2, 0.25) is 0 Å². The van der Waals surface area contributed by atoms with Crippen molar-refractivity contribution in [3.63, 3.8) is 0 Å². The molecule has 4 heterocycles. The number of nitrogens with one attached hydrogen (secondary N) is 3. The minimum Gasteiger partial charge on any atom is -0.491 e. The fourth-order valence-electron chi connectivity index (χ4n) is 5.97. The third-order valence-corrected chi connectivity index (χ3v) is 8.41. The van der Waals surface area contributed by atoms with E-state index in [0.29, 0.717) is 28.8 Å². The number of rotatable bonds is 8. The number of aliphatic hydroxyl groups is 1. The predicted octanol–water partition coefficient (Wildman–Crippen LogP) is 4.15. The maximum Gasteiger partial charge on any atom is 0.416 e. The van der Waals surface area contributed by atoms with Gasteiger partial charge in [0.15, 0.2) is 0 Å². The molecule has 44 heavy (non-hydrogen) atoms. The molecular formula is C31H33F3N6O4. The molecule has 10 nitrogen and oxygen atoms in total. The molecular weight excluding hydrogens is 577 g/mol. The van der Waals surface area contributed by atoms with Crippen LogP contribution in [0.1, 0.15) is 39.9 Å². The second-order valence-electron chi connectivity index (χ2n) is 11.4. The predicted molar refractivity (Wildman–Crippen MR) is 159 cm³/mol. The number of benzene rings is 2. The van der Waals surface area contributed by atoms with Gasteiger partial charge in [0.05, 0.1) is 22.3 Å². The summed E-state index contributed by atoms with van der Waals surface area (Å²) in [6, 6.07) is 9.15. The standard InChI is InChI=1S/C31H33F3N6O4/c1-17-22(31(32,33)34)4-3-5-26(17)44-16-20(41)14-36-23-6-9-35-29(42)27(23)28-37-24-12-18-15-40(19-7-10-39(2)11-8-19)30(43)21(18)13-25(24)38-28/h3-6,9,12-13,19-20,41H,7-8,10-11,14-16H2,1-2H3,(H,37,38)(H2,35,36,42)/t20-/m1/s1. The van der Waals surface area contributed by atoms with Crippen LogP contribution in [0.25, 0.3) is 22.4 Å². The van der Waals surface area contributed by atoms with Crippen LogP contribution in [0.3, 0.4) is 0 Å². The largest absolute Gasteiger partial charge is 0.491 e. The third-order valence-electron chi connectivity index (χ3n) is 8.41. The number of aromatic amines is 2. The number of likely N-dealkylation sites (tertiary alicyclic amines) is 1. The van der Waals surface area contributed by atoms with Gasteiger partial charge in [-0.05, 0) is 75.8 Å². The van der Waals surface area contributed by atoms with Gasteiger partial charge in [0, 0.05) is 36.5 Å². The van der Waals surface area contributed by atoms with Gasteiger partial charge in [-0.25, -0.2) is 4.98 Å². The topological polar surface area (TPSA) is 127 Å². The molecule has 13 heteroatoms. The van der Waals surface area contributed by atoms with Gasteiger partial charge in [-0.2, -0.15) is 13.2 Å². The fourth-order valence-corrected chi connectivity index (χ4v) is 5.97. The highest BCUT2D eigenvalue weighted by Gasteiger charge is 2.35. The summed E-state index contributed by atoms with van der Waals surface area (Å²) in [5, 5.41) is 13.6. The van der Waals surface area contributed by atoms with Crippen molar-refractivity contribution in [2.75, 3.05) is 38.6 Å². The first-order valence-electron chi connectivity index (χ1n) is 14.5. The number of alkyl halides is 3. The molecule has 0 aliphatic carbocycles. The van der Waals surface area contributed by atoms with E-state index in [4.69, 9.17) is 4.74 Å². The Morgan fingerprint density at radius 3 is 2.70 bits per heavy atom. The SMILES string of the molecule is Cc1c(OC[C@H](O)CNc2cc[nH]c(=O)c2-c2nc3cc4c(cc3[nH]2)CN(C2CCN(C)CC2)C4=O)cccc1C(F)(F)F. The minimum atomic E-state index is -4.51. The Balaban J connectivity index is 1.16. The molecule has 1 amide bonds. The summed E-state index contributed by atoms with van der Waals surface area (Å²) in [5.41, 5.74) is 2.09. The van der Waals surface area contributed by atoms with Crippen molar-refractivity contribution in [1.82, 2.24) is 24.8 Å². The molecule has 1 atom stereocenters. The van der Waals surface area contributed by atoms with E-state index >= 15 is 0 Å². The number of H-pyrrole nitrogens is 2. The van der Waals surface area contributed by atoms with Crippen LogP contribution < -0.4 is 15.6 Å². The smallest absolute Gasteiger partial charge is 0.416 e. The number of ether oxygens (including phenoxy) is 1. The summed E-state index contributed by atoms with van der Waals surface area (Å²) in [6.45, 7) is 3.44. The van der Waals surface area contributed by atoms with Crippen molar-refractivity contribution in [3.8, 4) is 17.1 Å². The number of piperidine rings is 1. The maximum absolute atomic E-state index is 13.3. The van der Waals surface area contributed by atoms with Crippen LogP contribution in [0.2, 0.25) is 0 Å². The molecule has 4 N–H and O–H groups in total. The van der Waals surface area contributed by atoms with Crippen LogP contribution in [-0.4, -0.2) is 81.2 Å². The van der Waals surface area contributed by atoms with E-state index in [-0.39, 0.29) is 47.8 Å². The number of nitrogens with zero attached hydrogens (tertiary/aromatic N) is 3. The van der Waals surface area contributed by atoms with Gasteiger partial charge in [0.25, 0.3) is 11.5 Å². The Kier molecular flexibility index (Phi) is 7.84. The first-order chi connectivity index (χ1) is 21.0. The van der Waals surface area contributed by atoms with Crippen molar-refractivity contribution >= 4 is 22.6 Å². The van der Waals surface area contributed by atoms with E-state index in [9.17, 15) is 27.9 Å². The number of fused-ring (bicyclic) bond motifs is 2. The average molecular weight is 611 g/mol. The molecule has 2 aliphatic heterocycles. The van der Waals surface area contributed by atoms with Crippen LogP contribution in [0, 0.1) is 6.92 Å². The number of aromatic nitrogens is 3. The molecule has 2 aliphatic rings. The van der Waals surface area contributed by atoms with Crippen molar-refractivity contribution in [1.29, 1.82) is 0 Å². The summed E-state index contributed by atoms with van der Waals surface area (Å²) < 4.78 is 45.1. The van der Waals surface area contributed by atoms with Crippen LogP contribution >= 0.6 is 0 Å². The molecule has 0 radical (unpaired) electrons. The van der Waals surface area contributed by atoms with E-state index in [1.807, 2.05) is 11.0 Å². The van der Waals surface area contributed by atoms with Gasteiger partial charge in [-0.15, -0.1) is 0 Å². The van der Waals surface area contributed by atoms with E-state index in [0.717, 1.165) is 37.6 Å². The quantitative estimate of drug-likeness (QED) is 0.236. The van der Waals surface area contributed by atoms with Gasteiger partial charge in [0.1, 0.15) is 29.8 Å². The van der Waals surface area contributed by atoms with Crippen LogP contribution in [0.15, 0.2) is 47.4 Å². The number of hydrogen-bond donors (Lipinski definition) is 4. The molecule has 6 rings (SSSR count). The number of carbonyl (C=O) groups excluding carboxylic acids is 1. The Hall–Kier alpha value is -4.36. The van der Waals surface area contributed by atoms with Crippen LogP contribution in [0.4, 0.5) is 18.9 Å². The third kappa shape index (κ3) is 5.76. The Morgan fingerprint density at radius 1 is 1.18 bits per heavy atom. The Bertz CT molecular complexity index is 1760. The van der Waals surface area contributed by atoms with Gasteiger partial charge >= 0.3 is 6.18 Å². The molecule has 0 unspecified atom stereocenters. The monoisotopic (exact) mass is 610 g/mol. The van der Waals surface area contributed by atoms with E-state index < -0.39 is 23.4 Å². The lowest BCUT2D eigenvalue weighted by molar-refractivity contribution is -0.138. The lowest BCUT2D eigenvalue weighted by Crippen LogP contribution is -2.43. The minimum absolute atomic E-state index is 0.00236. The van der Waals surface area contributed by atoms with Crippen LogP contribution in [-0.2, 0) is 12.7 Å². The van der Waals surface area contributed by atoms with Crippen molar-refractivity contribution < 1.29 is 27.8 Å². The molecule has 1 fully saturated rings. The number of amides is 1. The molecule has 0 bridgehead atoms. The summed E-state index contributed by atoms with van der Waals surface area (Å²) in [7, 11) is 2.09. The number of aliphatic hydroxyl groups excluding tert-OH is 1. The zero-order chi connectivity index (χ0) is 31.2. The number of carbonyl (C=O) groups is 1. The van der Waals surface area contributed by atoms with E-state index in [1.54, 1.807) is 12.1 Å². The van der Waals surface area contributed by atoms with E-state index in [2.05, 4.69) is 32.2 Å². The number of hydrogen-bond acceptors (Lipinski definition) is 7. The average Bonchev–Trinajstić information content (AvgIpc) is 3.53. The lowest BCUT2D eigenvalue weighted by atomic mass is 10.0. The number of imidazole rings is 1. The zero-order valence-corrected chi connectivity index (χ0v) is 24.3. The molecule has 2 aromatic heterocycles. The summed E-state index contributed by atoms with van der Waals surface area (Å²) in [4.78, 5) is 40.9. The normalized spacial score (nSPS) is 16.9.